The molecule has 0 aromatic carbocycles. The van der Waals surface area contributed by atoms with Gasteiger partial charge in [0, 0.05) is 6.42 Å². The average molecular weight is 287 g/mol. The molecule has 7 heteroatoms. The molecule has 2 heterocycles. The lowest BCUT2D eigenvalue weighted by Crippen LogP contribution is -2.47. The van der Waals surface area contributed by atoms with Crippen LogP contribution in [0.15, 0.2) is 0 Å². The van der Waals surface area contributed by atoms with Gasteiger partial charge in [-0.15, -0.1) is 5.10 Å². The van der Waals surface area contributed by atoms with Crippen LogP contribution in [0.5, 0.6) is 0 Å². The number of nitrogens with zero attached hydrogens (tertiary/aromatic N) is 3. The highest BCUT2D eigenvalue weighted by atomic mass is 16.2. The molecule has 21 heavy (non-hydrogen) atoms. The predicted octanol–water partition coefficient (Wildman–Crippen LogP) is 0.690. The first-order valence-corrected chi connectivity index (χ1v) is 6.99. The Hall–Kier alpha value is -2.49. The molecule has 110 valence electrons. The van der Waals surface area contributed by atoms with E-state index in [4.69, 9.17) is 0 Å². The fourth-order valence-corrected chi connectivity index (χ4v) is 2.39. The summed E-state index contributed by atoms with van der Waals surface area (Å²) in [7, 11) is 0. The van der Waals surface area contributed by atoms with Crippen LogP contribution >= 0.6 is 0 Å². The molecule has 0 aliphatic carbocycles. The van der Waals surface area contributed by atoms with E-state index in [9.17, 15) is 14.9 Å². The minimum Gasteiger partial charge on any atom is -0.356 e. The molecule has 0 bridgehead atoms. The minimum atomic E-state index is -0.568. The van der Waals surface area contributed by atoms with Gasteiger partial charge in [0.15, 0.2) is 5.82 Å². The van der Waals surface area contributed by atoms with Crippen molar-refractivity contribution >= 4 is 17.6 Å². The van der Waals surface area contributed by atoms with Crippen LogP contribution in [0, 0.1) is 11.3 Å². The summed E-state index contributed by atoms with van der Waals surface area (Å²) in [4.78, 5) is 22.9. The largest absolute Gasteiger partial charge is 0.356 e. The van der Waals surface area contributed by atoms with Crippen molar-refractivity contribution in [2.75, 3.05) is 5.32 Å². The number of rotatable bonds is 4. The first kappa shape index (κ1) is 14.9. The summed E-state index contributed by atoms with van der Waals surface area (Å²) in [5, 5.41) is 22.7. The number of amides is 2. The number of hydrogen-bond donors (Lipinski definition) is 2. The molecule has 1 unspecified atom stereocenters. The van der Waals surface area contributed by atoms with Gasteiger partial charge in [0.1, 0.15) is 17.7 Å². The maximum absolute atomic E-state index is 11.8. The van der Waals surface area contributed by atoms with Crippen LogP contribution in [-0.4, -0.2) is 28.1 Å². The number of nitriles is 1. The number of piperidine rings is 1. The zero-order chi connectivity index (χ0) is 15.4. The Kier molecular flexibility index (Phi) is 4.48. The van der Waals surface area contributed by atoms with E-state index in [1.807, 2.05) is 13.8 Å². The third kappa shape index (κ3) is 2.99. The SMILES string of the molecule is CCc1nnc(NC2CCC(=O)NC2=O)c(C#N)c1CC. The van der Waals surface area contributed by atoms with Crippen molar-refractivity contribution in [1.29, 1.82) is 5.26 Å². The van der Waals surface area contributed by atoms with Gasteiger partial charge in [0.05, 0.1) is 5.69 Å². The Labute approximate surface area is 122 Å². The fourth-order valence-electron chi connectivity index (χ4n) is 2.39. The molecule has 1 aliphatic heterocycles. The van der Waals surface area contributed by atoms with Crippen molar-refractivity contribution in [2.24, 2.45) is 0 Å². The van der Waals surface area contributed by atoms with E-state index in [2.05, 4.69) is 26.9 Å². The van der Waals surface area contributed by atoms with Gasteiger partial charge in [-0.3, -0.25) is 14.9 Å². The van der Waals surface area contributed by atoms with E-state index >= 15 is 0 Å². The highest BCUT2D eigenvalue weighted by molar-refractivity contribution is 6.01. The maximum atomic E-state index is 11.8. The van der Waals surface area contributed by atoms with Crippen molar-refractivity contribution in [2.45, 2.75) is 45.6 Å². The first-order chi connectivity index (χ1) is 10.1. The molecule has 7 nitrogen and oxygen atoms in total. The van der Waals surface area contributed by atoms with Crippen LogP contribution in [0.3, 0.4) is 0 Å². The number of anilines is 1. The Morgan fingerprint density at radius 3 is 2.67 bits per heavy atom. The van der Waals surface area contributed by atoms with E-state index in [1.165, 1.54) is 0 Å². The molecule has 0 spiro atoms. The summed E-state index contributed by atoms with van der Waals surface area (Å²) in [6, 6.07) is 1.57. The van der Waals surface area contributed by atoms with Crippen molar-refractivity contribution in [3.05, 3.63) is 16.8 Å². The predicted molar refractivity (Wildman–Crippen MR) is 75.3 cm³/mol. The zero-order valence-electron chi connectivity index (χ0n) is 12.1. The summed E-state index contributed by atoms with van der Waals surface area (Å²) in [5.41, 5.74) is 2.07. The van der Waals surface area contributed by atoms with Gasteiger partial charge in [-0.05, 0) is 24.8 Å². The lowest BCUT2D eigenvalue weighted by molar-refractivity contribution is -0.133. The van der Waals surface area contributed by atoms with E-state index in [0.717, 1.165) is 11.3 Å². The van der Waals surface area contributed by atoms with E-state index in [0.29, 0.717) is 30.6 Å². The van der Waals surface area contributed by atoms with Crippen molar-refractivity contribution in [3.8, 4) is 6.07 Å². The summed E-state index contributed by atoms with van der Waals surface area (Å²) in [6.45, 7) is 3.91. The molecule has 2 amide bonds. The highest BCUT2D eigenvalue weighted by Crippen LogP contribution is 2.21. The standard InChI is InChI=1S/C14H17N5O2/c1-3-8-9(7-15)13(19-18-10(8)4-2)16-11-5-6-12(20)17-14(11)21/h11H,3-6H2,1-2H3,(H,16,19)(H,17,20,21). The zero-order valence-corrected chi connectivity index (χ0v) is 12.1. The quantitative estimate of drug-likeness (QED) is 0.789. The number of nitrogens with one attached hydrogen (secondary N) is 2. The van der Waals surface area contributed by atoms with Gasteiger partial charge in [-0.2, -0.15) is 10.4 Å². The molecular weight excluding hydrogens is 270 g/mol. The number of hydrogen-bond acceptors (Lipinski definition) is 6. The minimum absolute atomic E-state index is 0.270. The van der Waals surface area contributed by atoms with Gasteiger partial charge in [0.25, 0.3) is 0 Å². The monoisotopic (exact) mass is 287 g/mol. The summed E-state index contributed by atoms with van der Waals surface area (Å²) >= 11 is 0. The topological polar surface area (TPSA) is 108 Å². The summed E-state index contributed by atoms with van der Waals surface area (Å²) in [5.74, 6) is -0.365. The van der Waals surface area contributed by atoms with Gasteiger partial charge >= 0.3 is 0 Å². The molecule has 1 aromatic heterocycles. The molecule has 1 aliphatic rings. The number of carbonyl (C=O) groups is 2. The second-order valence-corrected chi connectivity index (χ2v) is 4.82. The normalized spacial score (nSPS) is 18.0. The second kappa shape index (κ2) is 6.31. The number of aryl methyl sites for hydroxylation is 1. The Morgan fingerprint density at radius 1 is 1.33 bits per heavy atom. The van der Waals surface area contributed by atoms with E-state index in [-0.39, 0.29) is 12.3 Å². The fraction of sp³-hybridized carbons (Fsp3) is 0.500. The van der Waals surface area contributed by atoms with Gasteiger partial charge < -0.3 is 5.32 Å². The average Bonchev–Trinajstić information content (AvgIpc) is 2.49. The molecule has 1 aromatic rings. The smallest absolute Gasteiger partial charge is 0.249 e. The maximum Gasteiger partial charge on any atom is 0.249 e. The third-order valence-electron chi connectivity index (χ3n) is 3.51. The molecule has 0 radical (unpaired) electrons. The van der Waals surface area contributed by atoms with E-state index in [1.54, 1.807) is 0 Å². The van der Waals surface area contributed by atoms with Crippen molar-refractivity contribution in [3.63, 3.8) is 0 Å². The lowest BCUT2D eigenvalue weighted by atomic mass is 10.0. The Balaban J connectivity index is 2.30. The second-order valence-electron chi connectivity index (χ2n) is 4.82. The Morgan fingerprint density at radius 2 is 2.10 bits per heavy atom. The van der Waals surface area contributed by atoms with Gasteiger partial charge in [-0.25, -0.2) is 0 Å². The van der Waals surface area contributed by atoms with E-state index < -0.39 is 11.9 Å². The van der Waals surface area contributed by atoms with Crippen LogP contribution < -0.4 is 10.6 Å². The summed E-state index contributed by atoms with van der Waals surface area (Å²) in [6.07, 6.45) is 2.02. The first-order valence-electron chi connectivity index (χ1n) is 6.99. The summed E-state index contributed by atoms with van der Waals surface area (Å²) < 4.78 is 0. The molecule has 1 fully saturated rings. The van der Waals surface area contributed by atoms with Gasteiger partial charge in [-0.1, -0.05) is 13.8 Å². The van der Waals surface area contributed by atoms with Crippen molar-refractivity contribution in [1.82, 2.24) is 15.5 Å². The van der Waals surface area contributed by atoms with Crippen LogP contribution in [0.25, 0.3) is 0 Å². The molecule has 2 rings (SSSR count). The number of imide groups is 1. The number of carbonyl (C=O) groups excluding carboxylic acids is 2. The van der Waals surface area contributed by atoms with Crippen LogP contribution in [0.4, 0.5) is 5.82 Å². The molecule has 2 N–H and O–H groups in total. The van der Waals surface area contributed by atoms with Crippen LogP contribution in [-0.2, 0) is 22.4 Å². The molecule has 0 saturated carbocycles. The molecule has 1 saturated heterocycles. The third-order valence-corrected chi connectivity index (χ3v) is 3.51. The van der Waals surface area contributed by atoms with Crippen LogP contribution in [0.2, 0.25) is 0 Å². The molecular formula is C14H17N5O2. The Bertz CT molecular complexity index is 621. The lowest BCUT2D eigenvalue weighted by Gasteiger charge is -2.23. The van der Waals surface area contributed by atoms with Gasteiger partial charge in [0.2, 0.25) is 11.8 Å². The number of aromatic nitrogens is 2. The highest BCUT2D eigenvalue weighted by Gasteiger charge is 2.28. The molecule has 1 atom stereocenters. The van der Waals surface area contributed by atoms with Crippen LogP contribution in [0.1, 0.15) is 43.5 Å². The van der Waals surface area contributed by atoms with Crippen molar-refractivity contribution < 1.29 is 9.59 Å².